The summed E-state index contributed by atoms with van der Waals surface area (Å²) < 4.78 is 17.1. The Morgan fingerprint density at radius 2 is 1.67 bits per heavy atom. The number of aliphatic hydroxyl groups is 1. The summed E-state index contributed by atoms with van der Waals surface area (Å²) in [5.41, 5.74) is 2.88. The molecule has 0 fully saturated rings. The molecular formula is C18H16BrNO4. The van der Waals surface area contributed by atoms with E-state index < -0.39 is 0 Å². The van der Waals surface area contributed by atoms with Gasteiger partial charge in [-0.3, -0.25) is 0 Å². The Morgan fingerprint density at radius 3 is 2.29 bits per heavy atom. The highest BCUT2D eigenvalue weighted by molar-refractivity contribution is 9.10. The van der Waals surface area contributed by atoms with Crippen molar-refractivity contribution >= 4 is 15.9 Å². The van der Waals surface area contributed by atoms with Gasteiger partial charge in [-0.1, -0.05) is 33.2 Å². The molecule has 0 saturated heterocycles. The second-order valence-corrected chi connectivity index (χ2v) is 5.99. The molecule has 1 aromatic heterocycles. The summed E-state index contributed by atoms with van der Waals surface area (Å²) in [6.07, 6.45) is 0. The molecule has 6 heteroatoms. The lowest BCUT2D eigenvalue weighted by molar-refractivity contribution is 0.281. The van der Waals surface area contributed by atoms with E-state index in [1.807, 2.05) is 30.3 Å². The highest BCUT2D eigenvalue weighted by Gasteiger charge is 2.19. The van der Waals surface area contributed by atoms with Gasteiger partial charge in [-0.2, -0.15) is 0 Å². The number of hydrogen-bond acceptors (Lipinski definition) is 5. The van der Waals surface area contributed by atoms with Crippen molar-refractivity contribution in [2.75, 3.05) is 14.2 Å². The van der Waals surface area contributed by atoms with E-state index in [1.165, 1.54) is 0 Å². The molecule has 24 heavy (non-hydrogen) atoms. The topological polar surface area (TPSA) is 64.7 Å². The molecule has 3 aromatic rings. The van der Waals surface area contributed by atoms with Gasteiger partial charge in [0.2, 0.25) is 0 Å². The molecule has 0 radical (unpaired) electrons. The van der Waals surface area contributed by atoms with Crippen LogP contribution >= 0.6 is 15.9 Å². The number of halogens is 1. The highest BCUT2D eigenvalue weighted by atomic mass is 79.9. The lowest BCUT2D eigenvalue weighted by atomic mass is 10.0. The van der Waals surface area contributed by atoms with Gasteiger partial charge in [-0.15, -0.1) is 0 Å². The summed E-state index contributed by atoms with van der Waals surface area (Å²) in [6, 6.07) is 13.1. The Kier molecular flexibility index (Phi) is 4.87. The normalized spacial score (nSPS) is 10.7. The number of rotatable bonds is 5. The van der Waals surface area contributed by atoms with E-state index in [0.717, 1.165) is 15.6 Å². The van der Waals surface area contributed by atoms with Crippen LogP contribution in [-0.2, 0) is 6.61 Å². The Bertz CT molecular complexity index is 843. The maximum Gasteiger partial charge on any atom is 0.173 e. The summed E-state index contributed by atoms with van der Waals surface area (Å²) >= 11 is 3.41. The molecule has 0 bridgehead atoms. The van der Waals surface area contributed by atoms with Crippen LogP contribution in [0.5, 0.6) is 11.5 Å². The van der Waals surface area contributed by atoms with E-state index in [2.05, 4.69) is 21.1 Å². The van der Waals surface area contributed by atoms with Crippen LogP contribution in [-0.4, -0.2) is 24.5 Å². The van der Waals surface area contributed by atoms with E-state index in [1.54, 1.807) is 26.4 Å². The molecule has 124 valence electrons. The van der Waals surface area contributed by atoms with Gasteiger partial charge >= 0.3 is 0 Å². The molecule has 0 spiro atoms. The van der Waals surface area contributed by atoms with Crippen LogP contribution < -0.4 is 9.47 Å². The molecule has 3 rings (SSSR count). The van der Waals surface area contributed by atoms with Crippen molar-refractivity contribution in [3.8, 4) is 34.1 Å². The predicted octanol–water partition coefficient (Wildman–Crippen LogP) is 4.28. The van der Waals surface area contributed by atoms with E-state index in [9.17, 15) is 5.11 Å². The molecule has 2 aromatic carbocycles. The summed E-state index contributed by atoms with van der Waals surface area (Å²) in [5.74, 6) is 1.72. The molecule has 5 nitrogen and oxygen atoms in total. The number of nitrogens with zero attached hydrogens (tertiary/aromatic N) is 1. The molecule has 0 unspecified atom stereocenters. The van der Waals surface area contributed by atoms with Crippen LogP contribution in [0, 0.1) is 0 Å². The maximum absolute atomic E-state index is 9.83. The molecule has 0 aliphatic carbocycles. The number of ether oxygens (including phenoxy) is 2. The number of aromatic nitrogens is 1. The first-order chi connectivity index (χ1) is 11.7. The lowest BCUT2D eigenvalue weighted by Gasteiger charge is -2.08. The zero-order valence-corrected chi connectivity index (χ0v) is 14.8. The Morgan fingerprint density at radius 1 is 1.00 bits per heavy atom. The van der Waals surface area contributed by atoms with Crippen LogP contribution in [0.1, 0.15) is 5.56 Å². The fraction of sp³-hybridized carbons (Fsp3) is 0.167. The van der Waals surface area contributed by atoms with Crippen LogP contribution in [0.2, 0.25) is 0 Å². The molecule has 0 aliphatic heterocycles. The average molecular weight is 390 g/mol. The number of aliphatic hydroxyl groups excluding tert-OH is 1. The van der Waals surface area contributed by atoms with Crippen molar-refractivity contribution in [1.29, 1.82) is 0 Å². The number of hydrogen-bond donors (Lipinski definition) is 1. The van der Waals surface area contributed by atoms with Gasteiger partial charge in [-0.05, 0) is 30.3 Å². The van der Waals surface area contributed by atoms with Crippen LogP contribution in [0.15, 0.2) is 51.5 Å². The largest absolute Gasteiger partial charge is 0.493 e. The van der Waals surface area contributed by atoms with E-state index in [4.69, 9.17) is 14.0 Å². The van der Waals surface area contributed by atoms with Crippen LogP contribution in [0.25, 0.3) is 22.6 Å². The summed E-state index contributed by atoms with van der Waals surface area (Å²) in [6.45, 7) is -0.182. The van der Waals surface area contributed by atoms with Crippen LogP contribution in [0.4, 0.5) is 0 Å². The van der Waals surface area contributed by atoms with Gasteiger partial charge in [0.1, 0.15) is 5.69 Å². The first kappa shape index (κ1) is 16.5. The third kappa shape index (κ3) is 3.02. The summed E-state index contributed by atoms with van der Waals surface area (Å²) in [5, 5.41) is 14.0. The first-order valence-electron chi connectivity index (χ1n) is 7.25. The van der Waals surface area contributed by atoms with Crippen molar-refractivity contribution in [2.45, 2.75) is 6.61 Å². The third-order valence-corrected chi connectivity index (χ3v) is 4.24. The molecule has 1 heterocycles. The monoisotopic (exact) mass is 389 g/mol. The van der Waals surface area contributed by atoms with Crippen molar-refractivity contribution in [2.24, 2.45) is 0 Å². The Balaban J connectivity index is 2.08. The summed E-state index contributed by atoms with van der Waals surface area (Å²) in [4.78, 5) is 0. The minimum absolute atomic E-state index is 0.182. The van der Waals surface area contributed by atoms with Gasteiger partial charge in [0.05, 0.1) is 26.4 Å². The highest BCUT2D eigenvalue weighted by Crippen LogP contribution is 2.37. The minimum Gasteiger partial charge on any atom is -0.493 e. The molecule has 0 saturated carbocycles. The van der Waals surface area contributed by atoms with Crippen molar-refractivity contribution in [3.63, 3.8) is 0 Å². The predicted molar refractivity (Wildman–Crippen MR) is 94.1 cm³/mol. The van der Waals surface area contributed by atoms with Gasteiger partial charge in [-0.25, -0.2) is 0 Å². The van der Waals surface area contributed by atoms with Gasteiger partial charge in [0, 0.05) is 15.6 Å². The number of benzene rings is 2. The third-order valence-electron chi connectivity index (χ3n) is 3.71. The van der Waals surface area contributed by atoms with Crippen molar-refractivity contribution in [3.05, 3.63) is 52.5 Å². The SMILES string of the molecule is COc1ccc(-c2onc(-c3ccc(Br)cc3)c2CO)cc1OC. The molecule has 0 atom stereocenters. The van der Waals surface area contributed by atoms with Gasteiger partial charge < -0.3 is 19.1 Å². The maximum atomic E-state index is 9.83. The van der Waals surface area contributed by atoms with E-state index in [-0.39, 0.29) is 6.61 Å². The van der Waals surface area contributed by atoms with Gasteiger partial charge in [0.15, 0.2) is 17.3 Å². The Hall–Kier alpha value is -2.31. The second kappa shape index (κ2) is 7.07. The average Bonchev–Trinajstić information content (AvgIpc) is 3.05. The minimum atomic E-state index is -0.182. The molecule has 0 amide bonds. The van der Waals surface area contributed by atoms with E-state index in [0.29, 0.717) is 28.5 Å². The Labute approximate surface area is 147 Å². The van der Waals surface area contributed by atoms with Crippen molar-refractivity contribution in [1.82, 2.24) is 5.16 Å². The fourth-order valence-corrected chi connectivity index (χ4v) is 2.76. The molecule has 1 N–H and O–H groups in total. The zero-order chi connectivity index (χ0) is 17.1. The van der Waals surface area contributed by atoms with E-state index >= 15 is 0 Å². The molecular weight excluding hydrogens is 374 g/mol. The quantitative estimate of drug-likeness (QED) is 0.705. The fourth-order valence-electron chi connectivity index (χ4n) is 2.49. The first-order valence-corrected chi connectivity index (χ1v) is 8.05. The molecule has 0 aliphatic rings. The second-order valence-electron chi connectivity index (χ2n) is 5.07. The van der Waals surface area contributed by atoms with Gasteiger partial charge in [0.25, 0.3) is 0 Å². The smallest absolute Gasteiger partial charge is 0.173 e. The van der Waals surface area contributed by atoms with Crippen LogP contribution in [0.3, 0.4) is 0 Å². The lowest BCUT2D eigenvalue weighted by Crippen LogP contribution is -1.92. The zero-order valence-electron chi connectivity index (χ0n) is 13.2. The standard InChI is InChI=1S/C18H16BrNO4/c1-22-15-8-5-12(9-16(15)23-2)18-14(10-21)17(20-24-18)11-3-6-13(19)7-4-11/h3-9,21H,10H2,1-2H3. The van der Waals surface area contributed by atoms with Crippen molar-refractivity contribution < 1.29 is 19.1 Å². The summed E-state index contributed by atoms with van der Waals surface area (Å²) in [7, 11) is 3.15. The number of methoxy groups -OCH3 is 2.